The van der Waals surface area contributed by atoms with Crippen molar-refractivity contribution in [3.8, 4) is 11.5 Å². The summed E-state index contributed by atoms with van der Waals surface area (Å²) in [5.74, 6) is 1.52. The minimum absolute atomic E-state index is 0.0404. The molecule has 0 aliphatic carbocycles. The van der Waals surface area contributed by atoms with E-state index in [-0.39, 0.29) is 24.8 Å². The number of hydrogen-bond acceptors (Lipinski definition) is 5. The number of piperidine rings is 2. The molecule has 1 aromatic carbocycles. The Balaban J connectivity index is 1.35. The van der Waals surface area contributed by atoms with Crippen LogP contribution in [0.4, 0.5) is 0 Å². The smallest absolute Gasteiger partial charge is 0.240 e. The van der Waals surface area contributed by atoms with Gasteiger partial charge in [-0.1, -0.05) is 6.42 Å². The minimum atomic E-state index is -0.105. The Kier molecular flexibility index (Phi) is 6.80. The summed E-state index contributed by atoms with van der Waals surface area (Å²) in [6.07, 6.45) is 9.96. The van der Waals surface area contributed by atoms with Gasteiger partial charge in [-0.2, -0.15) is 0 Å². The predicted molar refractivity (Wildman–Crippen MR) is 119 cm³/mol. The Morgan fingerprint density at radius 3 is 2.68 bits per heavy atom. The van der Waals surface area contributed by atoms with Gasteiger partial charge in [0.25, 0.3) is 0 Å². The van der Waals surface area contributed by atoms with Gasteiger partial charge in [-0.05, 0) is 74.0 Å². The van der Waals surface area contributed by atoms with Crippen molar-refractivity contribution in [3.63, 3.8) is 0 Å². The molecule has 1 N–H and O–H groups in total. The molecular weight excluding hydrogens is 394 g/mol. The van der Waals surface area contributed by atoms with Crippen LogP contribution in [-0.2, 0) is 16.0 Å². The fourth-order valence-electron chi connectivity index (χ4n) is 5.17. The quantitative estimate of drug-likeness (QED) is 0.755. The minimum Gasteiger partial charge on any atom is -0.493 e. The predicted octanol–water partition coefficient (Wildman–Crippen LogP) is 2.44. The van der Waals surface area contributed by atoms with Gasteiger partial charge in [-0.3, -0.25) is 9.59 Å². The molecule has 0 saturated carbocycles. The third kappa shape index (κ3) is 4.87. The Morgan fingerprint density at radius 2 is 1.87 bits per heavy atom. The van der Waals surface area contributed by atoms with Gasteiger partial charge < -0.3 is 24.6 Å². The molecule has 0 radical (unpaired) electrons. The second-order valence-corrected chi connectivity index (χ2v) is 8.73. The van der Waals surface area contributed by atoms with Crippen molar-refractivity contribution >= 4 is 17.9 Å². The van der Waals surface area contributed by atoms with Crippen molar-refractivity contribution in [1.29, 1.82) is 0 Å². The van der Waals surface area contributed by atoms with Crippen molar-refractivity contribution in [2.24, 2.45) is 5.92 Å². The van der Waals surface area contributed by atoms with E-state index in [4.69, 9.17) is 9.47 Å². The number of nitrogens with zero attached hydrogens (tertiary/aromatic N) is 2. The first-order valence-electron chi connectivity index (χ1n) is 11.3. The summed E-state index contributed by atoms with van der Waals surface area (Å²) in [6.45, 7) is 3.12. The SMILES string of the molecule is COc1cc2c(cc1OC)CC(=O)N(CC(=O)NCC1CCCN3CCCCC13)C=C2. The Labute approximate surface area is 184 Å². The standard InChI is InChI=1S/C24H33N3O4/c1-30-21-12-17-8-11-27(24(29)14-19(17)13-22(21)31-2)16-23(28)25-15-18-6-5-10-26-9-4-3-7-20(18)26/h8,11-13,18,20H,3-7,9-10,14-16H2,1-2H3,(H,25,28). The molecule has 2 unspecified atom stereocenters. The topological polar surface area (TPSA) is 71.1 Å². The molecule has 31 heavy (non-hydrogen) atoms. The Bertz CT molecular complexity index is 851. The highest BCUT2D eigenvalue weighted by Gasteiger charge is 2.33. The van der Waals surface area contributed by atoms with Gasteiger partial charge in [-0.25, -0.2) is 0 Å². The number of benzene rings is 1. The van der Waals surface area contributed by atoms with Crippen LogP contribution in [0, 0.1) is 5.92 Å². The van der Waals surface area contributed by atoms with Crippen molar-refractivity contribution in [3.05, 3.63) is 29.5 Å². The molecule has 0 bridgehead atoms. The lowest BCUT2D eigenvalue weighted by atomic mass is 9.83. The van der Waals surface area contributed by atoms with E-state index in [0.29, 0.717) is 30.0 Å². The number of carbonyl (C=O) groups is 2. The van der Waals surface area contributed by atoms with Crippen LogP contribution in [0.15, 0.2) is 18.3 Å². The molecule has 0 spiro atoms. The molecule has 3 heterocycles. The largest absolute Gasteiger partial charge is 0.493 e. The van der Waals surface area contributed by atoms with E-state index in [0.717, 1.165) is 11.1 Å². The summed E-state index contributed by atoms with van der Waals surface area (Å²) in [7, 11) is 3.17. The molecule has 4 rings (SSSR count). The fraction of sp³-hybridized carbons (Fsp3) is 0.583. The molecule has 2 saturated heterocycles. The first kappa shape index (κ1) is 21.7. The normalized spacial score (nSPS) is 23.5. The van der Waals surface area contributed by atoms with E-state index in [2.05, 4.69) is 10.2 Å². The maximum Gasteiger partial charge on any atom is 0.240 e. The van der Waals surface area contributed by atoms with Crippen molar-refractivity contribution in [2.45, 2.75) is 44.6 Å². The van der Waals surface area contributed by atoms with Crippen LogP contribution >= 0.6 is 0 Å². The average molecular weight is 428 g/mol. The summed E-state index contributed by atoms with van der Waals surface area (Å²) in [4.78, 5) is 29.5. The first-order valence-corrected chi connectivity index (χ1v) is 11.3. The molecule has 168 valence electrons. The van der Waals surface area contributed by atoms with E-state index < -0.39 is 0 Å². The van der Waals surface area contributed by atoms with E-state index in [1.165, 1.54) is 50.1 Å². The lowest BCUT2D eigenvalue weighted by molar-refractivity contribution is -0.133. The summed E-state index contributed by atoms with van der Waals surface area (Å²) >= 11 is 0. The number of fused-ring (bicyclic) bond motifs is 2. The zero-order chi connectivity index (χ0) is 21.8. The lowest BCUT2D eigenvalue weighted by Gasteiger charge is -2.44. The Hall–Kier alpha value is -2.54. The second kappa shape index (κ2) is 9.73. The number of methoxy groups -OCH3 is 2. The molecule has 0 aromatic heterocycles. The number of ether oxygens (including phenoxy) is 2. The number of nitrogens with one attached hydrogen (secondary N) is 1. The molecule has 7 heteroatoms. The average Bonchev–Trinajstić information content (AvgIpc) is 2.94. The number of hydrogen-bond donors (Lipinski definition) is 1. The molecule has 2 amide bonds. The highest BCUT2D eigenvalue weighted by molar-refractivity contribution is 5.89. The van der Waals surface area contributed by atoms with E-state index in [1.807, 2.05) is 18.2 Å². The zero-order valence-corrected chi connectivity index (χ0v) is 18.6. The molecule has 3 aliphatic heterocycles. The first-order chi connectivity index (χ1) is 15.1. The maximum atomic E-state index is 12.8. The monoisotopic (exact) mass is 427 g/mol. The van der Waals surface area contributed by atoms with Gasteiger partial charge in [0.1, 0.15) is 6.54 Å². The third-order valence-corrected chi connectivity index (χ3v) is 6.85. The summed E-state index contributed by atoms with van der Waals surface area (Å²) in [6, 6.07) is 4.29. The van der Waals surface area contributed by atoms with Crippen LogP contribution in [0.5, 0.6) is 11.5 Å². The van der Waals surface area contributed by atoms with Crippen LogP contribution in [0.25, 0.3) is 6.08 Å². The Morgan fingerprint density at radius 1 is 1.10 bits per heavy atom. The van der Waals surface area contributed by atoms with Crippen molar-refractivity contribution in [2.75, 3.05) is 40.4 Å². The van der Waals surface area contributed by atoms with Gasteiger partial charge in [0.05, 0.1) is 20.6 Å². The summed E-state index contributed by atoms with van der Waals surface area (Å²) < 4.78 is 10.7. The summed E-state index contributed by atoms with van der Waals surface area (Å²) in [5.41, 5.74) is 1.76. The fourth-order valence-corrected chi connectivity index (χ4v) is 5.17. The van der Waals surface area contributed by atoms with E-state index in [9.17, 15) is 9.59 Å². The van der Waals surface area contributed by atoms with Gasteiger partial charge >= 0.3 is 0 Å². The maximum absolute atomic E-state index is 12.8. The zero-order valence-electron chi connectivity index (χ0n) is 18.6. The molecule has 1 aromatic rings. The third-order valence-electron chi connectivity index (χ3n) is 6.85. The van der Waals surface area contributed by atoms with Crippen LogP contribution in [-0.4, -0.2) is 68.1 Å². The number of amides is 2. The van der Waals surface area contributed by atoms with Gasteiger partial charge in [0, 0.05) is 18.8 Å². The van der Waals surface area contributed by atoms with Crippen LogP contribution in [0.2, 0.25) is 0 Å². The number of carbonyl (C=O) groups excluding carboxylic acids is 2. The van der Waals surface area contributed by atoms with E-state index in [1.54, 1.807) is 20.4 Å². The highest BCUT2D eigenvalue weighted by Crippen LogP contribution is 2.33. The molecule has 2 atom stereocenters. The van der Waals surface area contributed by atoms with Crippen molar-refractivity contribution in [1.82, 2.24) is 15.1 Å². The second-order valence-electron chi connectivity index (χ2n) is 8.73. The van der Waals surface area contributed by atoms with Crippen LogP contribution in [0.1, 0.15) is 43.2 Å². The van der Waals surface area contributed by atoms with Crippen molar-refractivity contribution < 1.29 is 19.1 Å². The molecular formula is C24H33N3O4. The van der Waals surface area contributed by atoms with E-state index >= 15 is 0 Å². The lowest BCUT2D eigenvalue weighted by Crippen LogP contribution is -2.51. The van der Waals surface area contributed by atoms with Gasteiger partial charge in [0.15, 0.2) is 11.5 Å². The highest BCUT2D eigenvalue weighted by atomic mass is 16.5. The van der Waals surface area contributed by atoms with Gasteiger partial charge in [0.2, 0.25) is 11.8 Å². The van der Waals surface area contributed by atoms with Crippen LogP contribution < -0.4 is 14.8 Å². The molecule has 2 fully saturated rings. The summed E-state index contributed by atoms with van der Waals surface area (Å²) in [5, 5.41) is 3.10. The number of rotatable bonds is 6. The molecule has 7 nitrogen and oxygen atoms in total. The van der Waals surface area contributed by atoms with Crippen LogP contribution in [0.3, 0.4) is 0 Å². The van der Waals surface area contributed by atoms with Gasteiger partial charge in [-0.15, -0.1) is 0 Å². The molecule has 3 aliphatic rings.